The number of benzene rings is 3. The fraction of sp³-hybridized carbons (Fsp3) is 0.212. The van der Waals surface area contributed by atoms with Crippen molar-refractivity contribution in [1.29, 1.82) is 5.26 Å². The lowest BCUT2D eigenvalue weighted by molar-refractivity contribution is -0.0869. The number of ketones is 1. The predicted octanol–water partition coefficient (Wildman–Crippen LogP) is 3.33. The molecule has 12 heteroatoms. The van der Waals surface area contributed by atoms with Gasteiger partial charge in [-0.3, -0.25) is 4.79 Å². The van der Waals surface area contributed by atoms with Crippen LogP contribution in [0.5, 0.6) is 0 Å². The highest BCUT2D eigenvalue weighted by atomic mass is 16.6. The van der Waals surface area contributed by atoms with E-state index in [0.29, 0.717) is 0 Å². The van der Waals surface area contributed by atoms with E-state index in [0.717, 1.165) is 18.0 Å². The highest BCUT2D eigenvalue weighted by Gasteiger charge is 2.64. The van der Waals surface area contributed by atoms with Gasteiger partial charge in [0.25, 0.3) is 0 Å². The van der Waals surface area contributed by atoms with Crippen LogP contribution in [0, 0.1) is 11.3 Å². The van der Waals surface area contributed by atoms with Crippen LogP contribution < -0.4 is 0 Å². The van der Waals surface area contributed by atoms with Crippen molar-refractivity contribution in [3.8, 4) is 6.07 Å². The van der Waals surface area contributed by atoms with E-state index < -0.39 is 54.3 Å². The van der Waals surface area contributed by atoms with Gasteiger partial charge in [-0.25, -0.2) is 19.4 Å². The summed E-state index contributed by atoms with van der Waals surface area (Å²) in [5.74, 6) is -3.38. The Morgan fingerprint density at radius 2 is 1.44 bits per heavy atom. The third-order valence-electron chi connectivity index (χ3n) is 7.26. The van der Waals surface area contributed by atoms with Gasteiger partial charge in [-0.1, -0.05) is 66.7 Å². The topological polar surface area (TPSA) is 167 Å². The molecule has 0 saturated carbocycles. The van der Waals surface area contributed by atoms with Gasteiger partial charge in [0.1, 0.15) is 12.7 Å². The third kappa shape index (κ3) is 6.08. The average molecular weight is 610 g/mol. The van der Waals surface area contributed by atoms with Gasteiger partial charge in [-0.2, -0.15) is 5.26 Å². The molecule has 3 aromatic carbocycles. The predicted molar refractivity (Wildman–Crippen MR) is 155 cm³/mol. The molecule has 1 aliphatic heterocycles. The second-order valence-electron chi connectivity index (χ2n) is 9.98. The Labute approximate surface area is 257 Å². The minimum atomic E-state index is -2.67. The molecule has 0 spiro atoms. The molecule has 1 aliphatic rings. The molecular weight excluding hydrogens is 582 g/mol. The van der Waals surface area contributed by atoms with Crippen LogP contribution in [0.4, 0.5) is 0 Å². The first-order valence-corrected chi connectivity index (χ1v) is 13.8. The van der Waals surface area contributed by atoms with Crippen LogP contribution in [0.3, 0.4) is 0 Å². The number of aromatic nitrogens is 2. The summed E-state index contributed by atoms with van der Waals surface area (Å²) in [4.78, 5) is 57.0. The van der Waals surface area contributed by atoms with Gasteiger partial charge >= 0.3 is 17.9 Å². The Bertz CT molecular complexity index is 1740. The van der Waals surface area contributed by atoms with Crippen molar-refractivity contribution in [2.24, 2.45) is 0 Å². The van der Waals surface area contributed by atoms with E-state index in [1.807, 2.05) is 6.07 Å². The maximum absolute atomic E-state index is 14.2. The number of rotatable bonds is 10. The molecule has 0 bridgehead atoms. The maximum atomic E-state index is 14.2. The summed E-state index contributed by atoms with van der Waals surface area (Å²) in [5, 5.41) is 22.1. The second kappa shape index (κ2) is 13.3. The van der Waals surface area contributed by atoms with Crippen molar-refractivity contribution < 1.29 is 43.2 Å². The zero-order valence-corrected chi connectivity index (χ0v) is 23.9. The summed E-state index contributed by atoms with van der Waals surface area (Å²) < 4.78 is 23.5. The SMILES string of the molecule is COC(=O)c1ncn(C2O[C@@H](COC(=O)c3ccccc3)[C@H](OC(=O)c3ccccc3)[C@@]2(O)C(=O)c2ccccc2)c1CC#N. The zero-order valence-electron chi connectivity index (χ0n) is 23.9. The highest BCUT2D eigenvalue weighted by molar-refractivity contribution is 6.04. The van der Waals surface area contributed by atoms with E-state index in [-0.39, 0.29) is 34.5 Å². The van der Waals surface area contributed by atoms with Crippen LogP contribution in [-0.4, -0.2) is 69.9 Å². The fourth-order valence-electron chi connectivity index (χ4n) is 5.08. The van der Waals surface area contributed by atoms with E-state index in [4.69, 9.17) is 18.9 Å². The number of ether oxygens (including phenoxy) is 4. The number of carbonyl (C=O) groups excluding carboxylic acids is 4. The first-order valence-electron chi connectivity index (χ1n) is 13.8. The minimum Gasteiger partial charge on any atom is -0.464 e. The molecule has 1 saturated heterocycles. The van der Waals surface area contributed by atoms with Crippen LogP contribution in [0.2, 0.25) is 0 Å². The van der Waals surface area contributed by atoms with Gasteiger partial charge in [0.15, 0.2) is 18.0 Å². The molecule has 4 aromatic rings. The molecule has 0 aliphatic carbocycles. The van der Waals surface area contributed by atoms with Gasteiger partial charge in [0.05, 0.1) is 42.7 Å². The van der Waals surface area contributed by atoms with Crippen molar-refractivity contribution in [2.75, 3.05) is 13.7 Å². The van der Waals surface area contributed by atoms with E-state index in [1.165, 1.54) is 36.4 Å². The average Bonchev–Trinajstić information content (AvgIpc) is 3.62. The van der Waals surface area contributed by atoms with Crippen LogP contribution in [-0.2, 0) is 25.4 Å². The van der Waals surface area contributed by atoms with Gasteiger partial charge in [-0.05, 0) is 24.3 Å². The molecule has 0 radical (unpaired) electrons. The van der Waals surface area contributed by atoms with E-state index in [2.05, 4.69) is 4.98 Å². The molecule has 1 aromatic heterocycles. The Morgan fingerprint density at radius 3 is 2.00 bits per heavy atom. The summed E-state index contributed by atoms with van der Waals surface area (Å²) >= 11 is 0. The molecule has 1 unspecified atom stereocenters. The number of nitriles is 1. The van der Waals surface area contributed by atoms with Crippen LogP contribution in [0.25, 0.3) is 0 Å². The largest absolute Gasteiger partial charge is 0.464 e. The standard InChI is InChI=1S/C33H27N3O9/c1-42-31(40)26-24(17-18-34)36(20-35-26)32-33(41,27(37)21-11-5-2-6-12-21)28(45-30(39)23-15-9-4-10-16-23)25(44-32)19-43-29(38)22-13-7-3-8-14-22/h2-16,20,25,28,32,41H,17,19H2,1H3/t25-,28-,32?,33-/m0/s1. The number of nitrogens with zero attached hydrogens (tertiary/aromatic N) is 3. The van der Waals surface area contributed by atoms with E-state index >= 15 is 0 Å². The van der Waals surface area contributed by atoms with E-state index in [1.54, 1.807) is 54.6 Å². The molecule has 228 valence electrons. The van der Waals surface area contributed by atoms with Crippen molar-refractivity contribution in [2.45, 2.75) is 30.5 Å². The zero-order chi connectivity index (χ0) is 32.0. The maximum Gasteiger partial charge on any atom is 0.358 e. The lowest BCUT2D eigenvalue weighted by Gasteiger charge is -2.33. The molecule has 12 nitrogen and oxygen atoms in total. The first kappa shape index (κ1) is 30.8. The first-order chi connectivity index (χ1) is 21.8. The Kier molecular flexibility index (Phi) is 9.13. The fourth-order valence-corrected chi connectivity index (χ4v) is 5.08. The summed E-state index contributed by atoms with van der Waals surface area (Å²) in [6.07, 6.45) is -4.12. The molecule has 1 N–H and O–H groups in total. The Hall–Kier alpha value is -5.64. The van der Waals surface area contributed by atoms with Crippen molar-refractivity contribution in [1.82, 2.24) is 9.55 Å². The third-order valence-corrected chi connectivity index (χ3v) is 7.26. The highest BCUT2D eigenvalue weighted by Crippen LogP contribution is 2.44. The van der Waals surface area contributed by atoms with Gasteiger partial charge < -0.3 is 28.6 Å². The number of hydrogen-bond acceptors (Lipinski definition) is 11. The number of imidazole rings is 1. The molecule has 0 amide bonds. The number of carbonyl (C=O) groups is 4. The van der Waals surface area contributed by atoms with Crippen LogP contribution in [0.1, 0.15) is 53.5 Å². The Balaban J connectivity index is 1.62. The van der Waals surface area contributed by atoms with Crippen LogP contribution >= 0.6 is 0 Å². The monoisotopic (exact) mass is 609 g/mol. The van der Waals surface area contributed by atoms with Crippen molar-refractivity contribution >= 4 is 23.7 Å². The molecule has 1 fully saturated rings. The minimum absolute atomic E-state index is 0.0243. The summed E-state index contributed by atoms with van der Waals surface area (Å²) in [6, 6.07) is 25.7. The molecule has 45 heavy (non-hydrogen) atoms. The number of methoxy groups -OCH3 is 1. The second-order valence-corrected chi connectivity index (χ2v) is 9.98. The van der Waals surface area contributed by atoms with E-state index in [9.17, 15) is 29.5 Å². The van der Waals surface area contributed by atoms with Gasteiger partial charge in [0.2, 0.25) is 11.4 Å². The van der Waals surface area contributed by atoms with Crippen molar-refractivity contribution in [3.63, 3.8) is 0 Å². The van der Waals surface area contributed by atoms with Gasteiger partial charge in [-0.15, -0.1) is 0 Å². The Morgan fingerprint density at radius 1 is 0.889 bits per heavy atom. The molecular formula is C33H27N3O9. The normalized spacial score (nSPS) is 20.5. The van der Waals surface area contributed by atoms with Crippen LogP contribution in [0.15, 0.2) is 97.3 Å². The van der Waals surface area contributed by atoms with Crippen molar-refractivity contribution in [3.05, 3.63) is 125 Å². The summed E-state index contributed by atoms with van der Waals surface area (Å²) in [7, 11) is 1.13. The van der Waals surface area contributed by atoms with Gasteiger partial charge in [0, 0.05) is 5.56 Å². The summed E-state index contributed by atoms with van der Waals surface area (Å²) in [6.45, 7) is -0.548. The summed E-state index contributed by atoms with van der Waals surface area (Å²) in [5.41, 5.74) is -2.54. The smallest absolute Gasteiger partial charge is 0.358 e. The number of Topliss-reactive ketones (excluding diaryl/α,β-unsaturated/α-hetero) is 1. The quantitative estimate of drug-likeness (QED) is 0.159. The molecule has 5 rings (SSSR count). The molecule has 4 atom stereocenters. The lowest BCUT2D eigenvalue weighted by atomic mass is 9.85. The number of hydrogen-bond donors (Lipinski definition) is 1. The number of aliphatic hydroxyl groups is 1. The molecule has 2 heterocycles. The lowest BCUT2D eigenvalue weighted by Crippen LogP contribution is -2.55. The number of esters is 3.